The van der Waals surface area contributed by atoms with E-state index >= 15 is 0 Å². The molecule has 2 unspecified atom stereocenters. The van der Waals surface area contributed by atoms with Crippen LogP contribution in [0.1, 0.15) is 29.8 Å². The van der Waals surface area contributed by atoms with Crippen LogP contribution in [0.4, 0.5) is 18.9 Å². The molecule has 2 atom stereocenters. The predicted molar refractivity (Wildman–Crippen MR) is 121 cm³/mol. The van der Waals surface area contributed by atoms with Crippen molar-refractivity contribution in [3.05, 3.63) is 59.7 Å². The maximum Gasteiger partial charge on any atom is 0.416 e. The van der Waals surface area contributed by atoms with E-state index in [1.165, 1.54) is 12.1 Å². The highest BCUT2D eigenvalue weighted by atomic mass is 19.4. The quantitative estimate of drug-likeness (QED) is 0.605. The Morgan fingerprint density at radius 1 is 1.09 bits per heavy atom. The number of carbonyl (C=O) groups excluding carboxylic acids is 2. The fourth-order valence-corrected chi connectivity index (χ4v) is 3.72. The second-order valence-electron chi connectivity index (χ2n) is 8.21. The van der Waals surface area contributed by atoms with Crippen molar-refractivity contribution < 1.29 is 32.2 Å². The van der Waals surface area contributed by atoms with E-state index in [0.29, 0.717) is 17.9 Å². The smallest absolute Gasteiger partial charge is 0.416 e. The van der Waals surface area contributed by atoms with Crippen LogP contribution >= 0.6 is 0 Å². The molecule has 2 N–H and O–H groups in total. The molecule has 1 aliphatic heterocycles. The second kappa shape index (κ2) is 11.3. The lowest BCUT2D eigenvalue weighted by molar-refractivity contribution is -0.137. The average molecular weight is 479 g/mol. The Balaban J connectivity index is 1.42. The van der Waals surface area contributed by atoms with Crippen molar-refractivity contribution in [2.75, 3.05) is 38.1 Å². The third kappa shape index (κ3) is 7.74. The van der Waals surface area contributed by atoms with Gasteiger partial charge in [-0.1, -0.05) is 6.07 Å². The van der Waals surface area contributed by atoms with Gasteiger partial charge in [-0.05, 0) is 56.3 Å². The molecular formula is C24H28F3N3O4. The second-order valence-corrected chi connectivity index (χ2v) is 8.21. The SMILES string of the molecule is CC1CN(CCNC(=O)c2ccc(OCC(=O)Nc3cccc(C(F)(F)F)c3)cc2)CC(C)O1. The summed E-state index contributed by atoms with van der Waals surface area (Å²) in [6.07, 6.45) is -4.16. The van der Waals surface area contributed by atoms with Gasteiger partial charge in [0.1, 0.15) is 5.75 Å². The number of benzene rings is 2. The molecule has 0 bridgehead atoms. The lowest BCUT2D eigenvalue weighted by Gasteiger charge is -2.35. The van der Waals surface area contributed by atoms with Crippen LogP contribution < -0.4 is 15.4 Å². The number of ether oxygens (including phenoxy) is 2. The molecule has 0 radical (unpaired) electrons. The van der Waals surface area contributed by atoms with Gasteiger partial charge in [-0.3, -0.25) is 14.5 Å². The van der Waals surface area contributed by atoms with Gasteiger partial charge in [0.2, 0.25) is 0 Å². The molecule has 0 saturated carbocycles. The third-order valence-corrected chi connectivity index (χ3v) is 5.17. The van der Waals surface area contributed by atoms with E-state index in [-0.39, 0.29) is 23.8 Å². The Morgan fingerprint density at radius 3 is 2.41 bits per heavy atom. The molecule has 2 aromatic rings. The van der Waals surface area contributed by atoms with Gasteiger partial charge in [0.15, 0.2) is 6.61 Å². The molecular weight excluding hydrogens is 451 g/mol. The Hall–Kier alpha value is -3.11. The molecule has 10 heteroatoms. The highest BCUT2D eigenvalue weighted by Gasteiger charge is 2.30. The number of nitrogens with one attached hydrogen (secondary N) is 2. The van der Waals surface area contributed by atoms with Crippen molar-refractivity contribution in [2.45, 2.75) is 32.2 Å². The van der Waals surface area contributed by atoms with E-state index in [0.717, 1.165) is 31.8 Å². The summed E-state index contributed by atoms with van der Waals surface area (Å²) in [4.78, 5) is 26.6. The Kier molecular flexibility index (Phi) is 8.51. The van der Waals surface area contributed by atoms with Crippen molar-refractivity contribution in [2.24, 2.45) is 0 Å². The topological polar surface area (TPSA) is 79.9 Å². The van der Waals surface area contributed by atoms with Crippen molar-refractivity contribution >= 4 is 17.5 Å². The minimum Gasteiger partial charge on any atom is -0.484 e. The maximum absolute atomic E-state index is 12.8. The first-order chi connectivity index (χ1) is 16.1. The standard InChI is InChI=1S/C24H28F3N3O4/c1-16-13-30(14-17(2)34-16)11-10-28-23(32)18-6-8-21(9-7-18)33-15-22(31)29-20-5-3-4-19(12-20)24(25,26)27/h3-9,12,16-17H,10-11,13-15H2,1-2H3,(H,28,32)(H,29,31). The molecule has 2 aromatic carbocycles. The van der Waals surface area contributed by atoms with Gasteiger partial charge < -0.3 is 20.1 Å². The number of halogens is 3. The van der Waals surface area contributed by atoms with Gasteiger partial charge in [0, 0.05) is 37.4 Å². The Bertz CT molecular complexity index is 972. The first-order valence-electron chi connectivity index (χ1n) is 11.0. The van der Waals surface area contributed by atoms with Crippen LogP contribution in [0.25, 0.3) is 0 Å². The summed E-state index contributed by atoms with van der Waals surface area (Å²) < 4.78 is 49.4. The van der Waals surface area contributed by atoms with Crippen LogP contribution in [-0.2, 0) is 15.7 Å². The lowest BCUT2D eigenvalue weighted by Crippen LogP contribution is -2.47. The molecule has 0 aromatic heterocycles. The van der Waals surface area contributed by atoms with Crippen molar-refractivity contribution in [3.8, 4) is 5.75 Å². The molecule has 1 heterocycles. The summed E-state index contributed by atoms with van der Waals surface area (Å²) in [6.45, 7) is 6.55. The largest absolute Gasteiger partial charge is 0.484 e. The normalized spacial score (nSPS) is 18.9. The number of amides is 2. The number of morpholine rings is 1. The molecule has 34 heavy (non-hydrogen) atoms. The summed E-state index contributed by atoms with van der Waals surface area (Å²) in [5.74, 6) is -0.469. The van der Waals surface area contributed by atoms with Gasteiger partial charge in [0.05, 0.1) is 17.8 Å². The van der Waals surface area contributed by atoms with E-state index in [1.807, 2.05) is 13.8 Å². The molecule has 1 aliphatic rings. The Morgan fingerprint density at radius 2 is 1.76 bits per heavy atom. The van der Waals surface area contributed by atoms with Crippen molar-refractivity contribution in [1.29, 1.82) is 0 Å². The molecule has 7 nitrogen and oxygen atoms in total. The summed E-state index contributed by atoms with van der Waals surface area (Å²) in [5.41, 5.74) is -0.380. The number of anilines is 1. The Labute approximate surface area is 196 Å². The van der Waals surface area contributed by atoms with Crippen molar-refractivity contribution in [1.82, 2.24) is 10.2 Å². The van der Waals surface area contributed by atoms with Gasteiger partial charge >= 0.3 is 6.18 Å². The van der Waals surface area contributed by atoms with Crippen LogP contribution in [0.2, 0.25) is 0 Å². The van der Waals surface area contributed by atoms with Crippen LogP contribution in [0.3, 0.4) is 0 Å². The zero-order valence-electron chi connectivity index (χ0n) is 19.0. The lowest BCUT2D eigenvalue weighted by atomic mass is 10.2. The predicted octanol–water partition coefficient (Wildman–Crippen LogP) is 3.56. The van der Waals surface area contributed by atoms with Gasteiger partial charge in [-0.2, -0.15) is 13.2 Å². The molecule has 0 spiro atoms. The fraction of sp³-hybridized carbons (Fsp3) is 0.417. The van der Waals surface area contributed by atoms with E-state index in [2.05, 4.69) is 15.5 Å². The maximum atomic E-state index is 12.8. The van der Waals surface area contributed by atoms with Crippen LogP contribution in [0.15, 0.2) is 48.5 Å². The van der Waals surface area contributed by atoms with Crippen LogP contribution in [0.5, 0.6) is 5.75 Å². The first kappa shape index (κ1) is 25.5. The molecule has 1 fully saturated rings. The zero-order valence-corrected chi connectivity index (χ0v) is 19.0. The highest BCUT2D eigenvalue weighted by Crippen LogP contribution is 2.30. The fourth-order valence-electron chi connectivity index (χ4n) is 3.72. The summed E-state index contributed by atoms with van der Waals surface area (Å²) >= 11 is 0. The molecule has 0 aliphatic carbocycles. The summed E-state index contributed by atoms with van der Waals surface area (Å²) in [6, 6.07) is 10.6. The van der Waals surface area contributed by atoms with E-state index in [4.69, 9.17) is 9.47 Å². The summed E-state index contributed by atoms with van der Waals surface area (Å²) in [7, 11) is 0. The number of nitrogens with zero attached hydrogens (tertiary/aromatic N) is 1. The molecule has 1 saturated heterocycles. The zero-order chi connectivity index (χ0) is 24.7. The number of hydrogen-bond acceptors (Lipinski definition) is 5. The van der Waals surface area contributed by atoms with Crippen LogP contribution in [0, 0.1) is 0 Å². The van der Waals surface area contributed by atoms with E-state index in [9.17, 15) is 22.8 Å². The van der Waals surface area contributed by atoms with E-state index in [1.54, 1.807) is 24.3 Å². The summed E-state index contributed by atoms with van der Waals surface area (Å²) in [5, 5.41) is 5.25. The highest BCUT2D eigenvalue weighted by molar-refractivity contribution is 5.94. The van der Waals surface area contributed by atoms with Crippen molar-refractivity contribution in [3.63, 3.8) is 0 Å². The molecule has 3 rings (SSSR count). The molecule has 184 valence electrons. The van der Waals surface area contributed by atoms with Crippen LogP contribution in [-0.4, -0.2) is 61.7 Å². The monoisotopic (exact) mass is 479 g/mol. The minimum absolute atomic E-state index is 0.0245. The number of alkyl halides is 3. The minimum atomic E-state index is -4.50. The number of rotatable bonds is 8. The first-order valence-corrected chi connectivity index (χ1v) is 11.0. The number of hydrogen-bond donors (Lipinski definition) is 2. The average Bonchev–Trinajstić information content (AvgIpc) is 2.77. The number of carbonyl (C=O) groups is 2. The third-order valence-electron chi connectivity index (χ3n) is 5.17. The van der Waals surface area contributed by atoms with Gasteiger partial charge in [-0.25, -0.2) is 0 Å². The van der Waals surface area contributed by atoms with E-state index < -0.39 is 24.3 Å². The van der Waals surface area contributed by atoms with Gasteiger partial charge in [0.25, 0.3) is 11.8 Å². The molecule has 2 amide bonds. The van der Waals surface area contributed by atoms with Gasteiger partial charge in [-0.15, -0.1) is 0 Å².